The van der Waals surface area contributed by atoms with Gasteiger partial charge in [-0.3, -0.25) is 24.0 Å². The predicted molar refractivity (Wildman–Crippen MR) is 103 cm³/mol. The van der Waals surface area contributed by atoms with Gasteiger partial charge in [-0.05, 0) is 25.0 Å². The Morgan fingerprint density at radius 3 is 2.70 bits per heavy atom. The number of aromatic amines is 1. The number of fused-ring (bicyclic) bond motifs is 1. The SMILES string of the molecule is O=C(Cn1c(=O)[nH]c(=O)c2ccccc21)N1CCCC(N2CCNCC2)C1. The fraction of sp³-hybridized carbons (Fsp3) is 0.526. The van der Waals surface area contributed by atoms with Crippen molar-refractivity contribution in [1.82, 2.24) is 24.7 Å². The molecule has 144 valence electrons. The quantitative estimate of drug-likeness (QED) is 0.765. The topological polar surface area (TPSA) is 90.4 Å². The van der Waals surface area contributed by atoms with E-state index in [0.29, 0.717) is 23.5 Å². The zero-order chi connectivity index (χ0) is 18.8. The van der Waals surface area contributed by atoms with Gasteiger partial charge in [-0.15, -0.1) is 0 Å². The van der Waals surface area contributed by atoms with Crippen LogP contribution >= 0.6 is 0 Å². The van der Waals surface area contributed by atoms with Crippen LogP contribution in [-0.4, -0.2) is 70.6 Å². The number of hydrogen-bond donors (Lipinski definition) is 2. The van der Waals surface area contributed by atoms with Gasteiger partial charge >= 0.3 is 5.69 Å². The Kier molecular flexibility index (Phi) is 5.09. The van der Waals surface area contributed by atoms with E-state index in [1.165, 1.54) is 4.57 Å². The maximum atomic E-state index is 12.9. The molecule has 3 heterocycles. The van der Waals surface area contributed by atoms with Crippen LogP contribution in [0.1, 0.15) is 12.8 Å². The fourth-order valence-corrected chi connectivity index (χ4v) is 4.16. The van der Waals surface area contributed by atoms with Crippen LogP contribution in [0.4, 0.5) is 0 Å². The number of para-hydroxylation sites is 1. The van der Waals surface area contributed by atoms with Gasteiger partial charge in [0.15, 0.2) is 0 Å². The number of likely N-dealkylation sites (tertiary alicyclic amines) is 1. The van der Waals surface area contributed by atoms with Gasteiger partial charge in [0.2, 0.25) is 5.91 Å². The van der Waals surface area contributed by atoms with E-state index in [-0.39, 0.29) is 12.5 Å². The van der Waals surface area contributed by atoms with Gasteiger partial charge in [0.05, 0.1) is 10.9 Å². The highest BCUT2D eigenvalue weighted by Crippen LogP contribution is 2.17. The molecule has 0 radical (unpaired) electrons. The third-order valence-electron chi connectivity index (χ3n) is 5.62. The third kappa shape index (κ3) is 3.68. The number of H-pyrrole nitrogens is 1. The lowest BCUT2D eigenvalue weighted by molar-refractivity contribution is -0.134. The molecule has 2 aromatic rings. The number of piperazine rings is 1. The van der Waals surface area contributed by atoms with Crippen molar-refractivity contribution < 1.29 is 4.79 Å². The van der Waals surface area contributed by atoms with Crippen molar-refractivity contribution in [3.05, 3.63) is 45.1 Å². The highest BCUT2D eigenvalue weighted by Gasteiger charge is 2.28. The Balaban J connectivity index is 1.53. The Labute approximate surface area is 156 Å². The monoisotopic (exact) mass is 371 g/mol. The second-order valence-electron chi connectivity index (χ2n) is 7.28. The van der Waals surface area contributed by atoms with Crippen LogP contribution in [0.15, 0.2) is 33.9 Å². The first-order valence-corrected chi connectivity index (χ1v) is 9.58. The summed E-state index contributed by atoms with van der Waals surface area (Å²) >= 11 is 0. The molecule has 1 unspecified atom stereocenters. The molecule has 1 atom stereocenters. The summed E-state index contributed by atoms with van der Waals surface area (Å²) in [6.45, 7) is 5.37. The number of benzene rings is 1. The van der Waals surface area contributed by atoms with E-state index in [1.54, 1.807) is 24.3 Å². The number of aromatic nitrogens is 2. The summed E-state index contributed by atoms with van der Waals surface area (Å²) in [5.74, 6) is -0.0749. The predicted octanol–water partition coefficient (Wildman–Crippen LogP) is -0.414. The van der Waals surface area contributed by atoms with Crippen molar-refractivity contribution in [1.29, 1.82) is 0 Å². The van der Waals surface area contributed by atoms with Crippen molar-refractivity contribution in [2.45, 2.75) is 25.4 Å². The molecule has 2 aliphatic rings. The summed E-state index contributed by atoms with van der Waals surface area (Å²) in [5, 5.41) is 3.78. The lowest BCUT2D eigenvalue weighted by atomic mass is 10.0. The number of rotatable bonds is 3. The lowest BCUT2D eigenvalue weighted by Gasteiger charge is -2.41. The third-order valence-corrected chi connectivity index (χ3v) is 5.62. The molecular formula is C19H25N5O3. The first-order valence-electron chi connectivity index (χ1n) is 9.58. The molecule has 8 heteroatoms. The Morgan fingerprint density at radius 1 is 1.11 bits per heavy atom. The van der Waals surface area contributed by atoms with E-state index in [2.05, 4.69) is 15.2 Å². The van der Waals surface area contributed by atoms with Crippen molar-refractivity contribution >= 4 is 16.8 Å². The maximum absolute atomic E-state index is 12.9. The van der Waals surface area contributed by atoms with E-state index >= 15 is 0 Å². The number of hydrogen-bond acceptors (Lipinski definition) is 5. The van der Waals surface area contributed by atoms with Crippen LogP contribution in [0.25, 0.3) is 10.9 Å². The fourth-order valence-electron chi connectivity index (χ4n) is 4.16. The van der Waals surface area contributed by atoms with Gasteiger partial charge in [0, 0.05) is 45.3 Å². The van der Waals surface area contributed by atoms with Gasteiger partial charge in [-0.2, -0.15) is 0 Å². The second-order valence-corrected chi connectivity index (χ2v) is 7.28. The minimum absolute atomic E-state index is 0.0512. The van der Waals surface area contributed by atoms with Crippen LogP contribution < -0.4 is 16.6 Å². The number of piperidine rings is 1. The van der Waals surface area contributed by atoms with Gasteiger partial charge < -0.3 is 10.2 Å². The largest absolute Gasteiger partial charge is 0.340 e. The average Bonchev–Trinajstić information content (AvgIpc) is 2.72. The van der Waals surface area contributed by atoms with E-state index in [4.69, 9.17) is 0 Å². The van der Waals surface area contributed by atoms with Crippen molar-refractivity contribution in [3.8, 4) is 0 Å². The normalized spacial score (nSPS) is 21.5. The summed E-state index contributed by atoms with van der Waals surface area (Å²) in [7, 11) is 0. The average molecular weight is 371 g/mol. The molecule has 2 aliphatic heterocycles. The molecule has 8 nitrogen and oxygen atoms in total. The summed E-state index contributed by atoms with van der Waals surface area (Å²) in [4.78, 5) is 43.8. The molecule has 2 saturated heterocycles. The lowest BCUT2D eigenvalue weighted by Crippen LogP contribution is -2.55. The maximum Gasteiger partial charge on any atom is 0.329 e. The standard InChI is InChI=1S/C19H25N5O3/c25-17(23-9-3-4-14(12-23)22-10-7-20-8-11-22)13-24-16-6-2-1-5-15(16)18(26)21-19(24)27/h1-2,5-6,14,20H,3-4,7-13H2,(H,21,26,27). The van der Waals surface area contributed by atoms with Crippen LogP contribution in [0.2, 0.25) is 0 Å². The van der Waals surface area contributed by atoms with Gasteiger partial charge in [0.25, 0.3) is 5.56 Å². The van der Waals surface area contributed by atoms with Crippen LogP contribution in [0, 0.1) is 0 Å². The van der Waals surface area contributed by atoms with E-state index in [1.807, 2.05) is 4.90 Å². The molecule has 2 N–H and O–H groups in total. The van der Waals surface area contributed by atoms with Crippen LogP contribution in [0.3, 0.4) is 0 Å². The molecule has 0 aliphatic carbocycles. The minimum atomic E-state index is -0.539. The van der Waals surface area contributed by atoms with Gasteiger partial charge in [-0.1, -0.05) is 12.1 Å². The summed E-state index contributed by atoms with van der Waals surface area (Å²) < 4.78 is 1.37. The molecule has 1 aromatic carbocycles. The highest BCUT2D eigenvalue weighted by atomic mass is 16.2. The second kappa shape index (κ2) is 7.66. The number of carbonyl (C=O) groups is 1. The van der Waals surface area contributed by atoms with E-state index in [9.17, 15) is 14.4 Å². The molecule has 2 fully saturated rings. The van der Waals surface area contributed by atoms with Crippen LogP contribution in [0.5, 0.6) is 0 Å². The molecule has 0 saturated carbocycles. The van der Waals surface area contributed by atoms with E-state index < -0.39 is 11.2 Å². The van der Waals surface area contributed by atoms with E-state index in [0.717, 1.165) is 45.6 Å². The number of amides is 1. The summed E-state index contributed by atoms with van der Waals surface area (Å²) in [5.41, 5.74) is -0.464. The van der Waals surface area contributed by atoms with Crippen molar-refractivity contribution in [2.75, 3.05) is 39.3 Å². The number of nitrogens with one attached hydrogen (secondary N) is 2. The van der Waals surface area contributed by atoms with Crippen LogP contribution in [-0.2, 0) is 11.3 Å². The zero-order valence-electron chi connectivity index (χ0n) is 15.3. The summed E-state index contributed by atoms with van der Waals surface area (Å²) in [6, 6.07) is 7.27. The molecule has 1 amide bonds. The highest BCUT2D eigenvalue weighted by molar-refractivity contribution is 5.81. The first-order chi connectivity index (χ1) is 13.1. The Hall–Kier alpha value is -2.45. The summed E-state index contributed by atoms with van der Waals surface area (Å²) in [6.07, 6.45) is 2.08. The van der Waals surface area contributed by atoms with Gasteiger partial charge in [0.1, 0.15) is 6.54 Å². The molecule has 1 aromatic heterocycles. The molecule has 27 heavy (non-hydrogen) atoms. The number of carbonyl (C=O) groups excluding carboxylic acids is 1. The van der Waals surface area contributed by atoms with Crippen molar-refractivity contribution in [2.24, 2.45) is 0 Å². The Morgan fingerprint density at radius 2 is 1.89 bits per heavy atom. The number of nitrogens with zero attached hydrogens (tertiary/aromatic N) is 3. The zero-order valence-corrected chi connectivity index (χ0v) is 15.3. The molecule has 4 rings (SSSR count). The Bertz CT molecular complexity index is 944. The molecule has 0 bridgehead atoms. The molecular weight excluding hydrogens is 346 g/mol. The van der Waals surface area contributed by atoms with Crippen molar-refractivity contribution in [3.63, 3.8) is 0 Å². The molecule has 0 spiro atoms. The minimum Gasteiger partial charge on any atom is -0.340 e. The van der Waals surface area contributed by atoms with Gasteiger partial charge in [-0.25, -0.2) is 4.79 Å². The smallest absolute Gasteiger partial charge is 0.329 e. The first kappa shape index (κ1) is 17.9.